The van der Waals surface area contributed by atoms with Crippen LogP contribution in [0.5, 0.6) is 0 Å². The zero-order valence-electron chi connectivity index (χ0n) is 13.2. The second kappa shape index (κ2) is 6.58. The first-order valence-corrected chi connectivity index (χ1v) is 8.01. The van der Waals surface area contributed by atoms with Crippen molar-refractivity contribution >= 4 is 16.9 Å². The highest BCUT2D eigenvalue weighted by molar-refractivity contribution is 5.83. The van der Waals surface area contributed by atoms with Crippen molar-refractivity contribution in [3.63, 3.8) is 0 Å². The highest BCUT2D eigenvalue weighted by Gasteiger charge is 2.26. The zero-order valence-corrected chi connectivity index (χ0v) is 13.2. The molecule has 3 N–H and O–H groups in total. The van der Waals surface area contributed by atoms with Gasteiger partial charge in [-0.2, -0.15) is 0 Å². The molecule has 6 heteroatoms. The van der Waals surface area contributed by atoms with Crippen LogP contribution in [0.15, 0.2) is 24.4 Å². The Balaban J connectivity index is 1.53. The van der Waals surface area contributed by atoms with E-state index in [0.29, 0.717) is 26.1 Å². The summed E-state index contributed by atoms with van der Waals surface area (Å²) in [4.78, 5) is 16.8. The van der Waals surface area contributed by atoms with Crippen LogP contribution in [0.25, 0.3) is 10.9 Å². The summed E-state index contributed by atoms with van der Waals surface area (Å²) in [6.45, 7) is 3.57. The second-order valence-corrected chi connectivity index (χ2v) is 6.27. The van der Waals surface area contributed by atoms with Gasteiger partial charge in [-0.15, -0.1) is 0 Å². The number of aromatic nitrogens is 1. The van der Waals surface area contributed by atoms with Gasteiger partial charge in [-0.1, -0.05) is 6.92 Å². The van der Waals surface area contributed by atoms with Gasteiger partial charge in [-0.3, -0.25) is 0 Å². The van der Waals surface area contributed by atoms with Crippen LogP contribution in [0.2, 0.25) is 0 Å². The van der Waals surface area contributed by atoms with Crippen LogP contribution < -0.4 is 5.32 Å². The van der Waals surface area contributed by atoms with Gasteiger partial charge in [0.1, 0.15) is 5.82 Å². The van der Waals surface area contributed by atoms with Crippen molar-refractivity contribution in [2.24, 2.45) is 5.92 Å². The number of rotatable bonds is 3. The van der Waals surface area contributed by atoms with E-state index in [1.165, 1.54) is 12.1 Å². The van der Waals surface area contributed by atoms with Crippen molar-refractivity contribution in [2.75, 3.05) is 19.6 Å². The Morgan fingerprint density at radius 2 is 2.35 bits per heavy atom. The minimum absolute atomic E-state index is 0.137. The minimum Gasteiger partial charge on any atom is -0.391 e. The topological polar surface area (TPSA) is 68.4 Å². The lowest BCUT2D eigenvalue weighted by Crippen LogP contribution is -2.49. The fraction of sp³-hybridized carbons (Fsp3) is 0.471. The van der Waals surface area contributed by atoms with Crippen molar-refractivity contribution in [2.45, 2.75) is 25.9 Å². The maximum absolute atomic E-state index is 13.2. The summed E-state index contributed by atoms with van der Waals surface area (Å²) in [5, 5.41) is 13.7. The SMILES string of the molecule is CC1CCN(C(=O)NCCc2c[nH]c3cc(F)ccc23)CC1O. The van der Waals surface area contributed by atoms with E-state index in [2.05, 4.69) is 10.3 Å². The normalized spacial score (nSPS) is 21.6. The fourth-order valence-corrected chi connectivity index (χ4v) is 3.01. The van der Waals surface area contributed by atoms with Crippen LogP contribution in [0, 0.1) is 11.7 Å². The van der Waals surface area contributed by atoms with E-state index in [1.807, 2.05) is 13.1 Å². The molecular weight excluding hydrogens is 297 g/mol. The number of halogens is 1. The number of carbonyl (C=O) groups excluding carboxylic acids is 1. The van der Waals surface area contributed by atoms with Crippen molar-refractivity contribution in [3.05, 3.63) is 35.8 Å². The third kappa shape index (κ3) is 3.47. The van der Waals surface area contributed by atoms with Gasteiger partial charge in [-0.25, -0.2) is 9.18 Å². The number of aromatic amines is 1. The Bertz CT molecular complexity index is 700. The number of piperidine rings is 1. The summed E-state index contributed by atoms with van der Waals surface area (Å²) in [5.41, 5.74) is 1.81. The van der Waals surface area contributed by atoms with E-state index < -0.39 is 6.10 Å². The molecule has 3 rings (SSSR count). The molecule has 0 aliphatic carbocycles. The van der Waals surface area contributed by atoms with E-state index in [-0.39, 0.29) is 17.8 Å². The van der Waals surface area contributed by atoms with Gasteiger partial charge < -0.3 is 20.3 Å². The first-order chi connectivity index (χ1) is 11.0. The summed E-state index contributed by atoms with van der Waals surface area (Å²) >= 11 is 0. The standard InChI is InChI=1S/C17H22FN3O2/c1-11-5-7-21(10-16(11)22)17(23)19-6-4-12-9-20-15-8-13(18)2-3-14(12)15/h2-3,8-9,11,16,20,22H,4-7,10H2,1H3,(H,19,23). The zero-order chi connectivity index (χ0) is 16.4. The molecule has 1 saturated heterocycles. The van der Waals surface area contributed by atoms with Crippen LogP contribution in [0.1, 0.15) is 18.9 Å². The number of urea groups is 1. The summed E-state index contributed by atoms with van der Waals surface area (Å²) in [6.07, 6.45) is 2.90. The summed E-state index contributed by atoms with van der Waals surface area (Å²) in [7, 11) is 0. The molecular formula is C17H22FN3O2. The van der Waals surface area contributed by atoms with Gasteiger partial charge in [-0.05, 0) is 42.5 Å². The quantitative estimate of drug-likeness (QED) is 0.812. The molecule has 2 unspecified atom stereocenters. The Morgan fingerprint density at radius 3 is 3.13 bits per heavy atom. The predicted octanol–water partition coefficient (Wildman–Crippen LogP) is 2.26. The molecule has 124 valence electrons. The van der Waals surface area contributed by atoms with Crippen molar-refractivity contribution in [3.8, 4) is 0 Å². The molecule has 0 spiro atoms. The molecule has 0 saturated carbocycles. The average Bonchev–Trinajstić information content (AvgIpc) is 2.92. The Kier molecular flexibility index (Phi) is 4.52. The van der Waals surface area contributed by atoms with Crippen molar-refractivity contribution in [1.82, 2.24) is 15.2 Å². The third-order valence-electron chi connectivity index (χ3n) is 4.61. The van der Waals surface area contributed by atoms with Gasteiger partial charge in [0.15, 0.2) is 0 Å². The van der Waals surface area contributed by atoms with Gasteiger partial charge >= 0.3 is 6.03 Å². The molecule has 2 aromatic rings. The Morgan fingerprint density at radius 1 is 1.52 bits per heavy atom. The van der Waals surface area contributed by atoms with Crippen LogP contribution in [-0.2, 0) is 6.42 Å². The number of nitrogens with zero attached hydrogens (tertiary/aromatic N) is 1. The van der Waals surface area contributed by atoms with Gasteiger partial charge in [0.25, 0.3) is 0 Å². The number of hydrogen-bond acceptors (Lipinski definition) is 2. The minimum atomic E-state index is -0.446. The monoisotopic (exact) mass is 319 g/mol. The van der Waals surface area contributed by atoms with Crippen LogP contribution in [0.4, 0.5) is 9.18 Å². The van der Waals surface area contributed by atoms with E-state index in [9.17, 15) is 14.3 Å². The number of amides is 2. The van der Waals surface area contributed by atoms with E-state index in [4.69, 9.17) is 0 Å². The molecule has 1 aliphatic heterocycles. The molecule has 1 fully saturated rings. The Hall–Kier alpha value is -2.08. The number of H-pyrrole nitrogens is 1. The lowest BCUT2D eigenvalue weighted by atomic mass is 9.96. The highest BCUT2D eigenvalue weighted by Crippen LogP contribution is 2.20. The molecule has 23 heavy (non-hydrogen) atoms. The number of likely N-dealkylation sites (tertiary alicyclic amines) is 1. The van der Waals surface area contributed by atoms with E-state index in [0.717, 1.165) is 22.9 Å². The number of β-amino-alcohol motifs (C(OH)–C–C–N with tert-alkyl or cyclic N) is 1. The number of benzene rings is 1. The highest BCUT2D eigenvalue weighted by atomic mass is 19.1. The van der Waals surface area contributed by atoms with Gasteiger partial charge in [0, 0.05) is 36.7 Å². The summed E-state index contributed by atoms with van der Waals surface area (Å²) in [5.74, 6) is -0.0252. The molecule has 0 radical (unpaired) electrons. The van der Waals surface area contributed by atoms with E-state index in [1.54, 1.807) is 11.0 Å². The molecule has 2 amide bonds. The van der Waals surface area contributed by atoms with Crippen LogP contribution in [0.3, 0.4) is 0 Å². The van der Waals surface area contributed by atoms with E-state index >= 15 is 0 Å². The lowest BCUT2D eigenvalue weighted by molar-refractivity contribution is 0.0436. The average molecular weight is 319 g/mol. The van der Waals surface area contributed by atoms with Crippen molar-refractivity contribution < 1.29 is 14.3 Å². The molecule has 2 heterocycles. The molecule has 2 atom stereocenters. The molecule has 1 aromatic carbocycles. The first kappa shape index (κ1) is 15.8. The third-order valence-corrected chi connectivity index (χ3v) is 4.61. The number of carbonyl (C=O) groups is 1. The molecule has 1 aliphatic rings. The number of fused-ring (bicyclic) bond motifs is 1. The number of aliphatic hydroxyl groups excluding tert-OH is 1. The summed E-state index contributed by atoms with van der Waals surface area (Å²) in [6, 6.07) is 4.52. The van der Waals surface area contributed by atoms with Crippen LogP contribution in [-0.4, -0.2) is 46.8 Å². The maximum atomic E-state index is 13.2. The predicted molar refractivity (Wildman–Crippen MR) is 86.7 cm³/mol. The number of hydrogen-bond donors (Lipinski definition) is 3. The first-order valence-electron chi connectivity index (χ1n) is 8.01. The lowest BCUT2D eigenvalue weighted by Gasteiger charge is -2.34. The van der Waals surface area contributed by atoms with Gasteiger partial charge in [0.2, 0.25) is 0 Å². The smallest absolute Gasteiger partial charge is 0.317 e. The Labute approximate surface area is 134 Å². The largest absolute Gasteiger partial charge is 0.391 e. The number of nitrogens with one attached hydrogen (secondary N) is 2. The van der Waals surface area contributed by atoms with Crippen molar-refractivity contribution in [1.29, 1.82) is 0 Å². The summed E-state index contributed by atoms with van der Waals surface area (Å²) < 4.78 is 13.2. The van der Waals surface area contributed by atoms with Crippen LogP contribution >= 0.6 is 0 Å². The second-order valence-electron chi connectivity index (χ2n) is 6.27. The molecule has 0 bridgehead atoms. The van der Waals surface area contributed by atoms with Gasteiger partial charge in [0.05, 0.1) is 6.10 Å². The number of aliphatic hydroxyl groups is 1. The maximum Gasteiger partial charge on any atom is 0.317 e. The fourth-order valence-electron chi connectivity index (χ4n) is 3.01. The molecule has 1 aromatic heterocycles. The molecule has 5 nitrogen and oxygen atoms in total.